The van der Waals surface area contributed by atoms with Crippen molar-refractivity contribution in [3.05, 3.63) is 22.7 Å². The number of fused-ring (bicyclic) bond motifs is 1. The third kappa shape index (κ3) is 1.88. The lowest BCUT2D eigenvalue weighted by atomic mass is 9.78. The van der Waals surface area contributed by atoms with Crippen LogP contribution in [0.25, 0.3) is 10.7 Å². The Kier molecular flexibility index (Phi) is 2.41. The van der Waals surface area contributed by atoms with E-state index in [0.29, 0.717) is 12.3 Å². The summed E-state index contributed by atoms with van der Waals surface area (Å²) in [6.07, 6.45) is 3.04. The molecule has 0 unspecified atom stereocenters. The Balaban J connectivity index is 2.05. The van der Waals surface area contributed by atoms with Gasteiger partial charge >= 0.3 is 0 Å². The van der Waals surface area contributed by atoms with Crippen molar-refractivity contribution in [1.29, 1.82) is 0 Å². The summed E-state index contributed by atoms with van der Waals surface area (Å²) < 4.78 is 5.19. The summed E-state index contributed by atoms with van der Waals surface area (Å²) >= 11 is 1.43. The van der Waals surface area contributed by atoms with Gasteiger partial charge in [0.15, 0.2) is 11.7 Å². The zero-order valence-corrected chi connectivity index (χ0v) is 11.4. The van der Waals surface area contributed by atoms with E-state index in [-0.39, 0.29) is 11.2 Å². The molecule has 0 amide bonds. The fraction of sp³-hybridized carbons (Fsp3) is 0.462. The molecule has 2 aromatic rings. The number of ketones is 1. The summed E-state index contributed by atoms with van der Waals surface area (Å²) in [7, 11) is 0. The Morgan fingerprint density at radius 3 is 2.78 bits per heavy atom. The minimum atomic E-state index is 0.00910. The highest BCUT2D eigenvalue weighted by Crippen LogP contribution is 2.39. The first kappa shape index (κ1) is 11.6. The van der Waals surface area contributed by atoms with Crippen LogP contribution >= 0.6 is 11.3 Å². The highest BCUT2D eigenvalue weighted by molar-refractivity contribution is 7.17. The Morgan fingerprint density at radius 2 is 2.11 bits per heavy atom. The molecule has 2 heterocycles. The molecule has 0 saturated heterocycles. The summed E-state index contributed by atoms with van der Waals surface area (Å²) in [5.41, 5.74) is 1.64. The highest BCUT2D eigenvalue weighted by atomic mass is 32.1. The van der Waals surface area contributed by atoms with Gasteiger partial charge in [0.05, 0.1) is 10.6 Å². The third-order valence-corrected chi connectivity index (χ3v) is 4.24. The van der Waals surface area contributed by atoms with Crippen molar-refractivity contribution in [3.8, 4) is 10.7 Å². The standard InChI is InChI=1S/C13H14N2O2S/c1-7-14-9(6-17-7)12-15-8-4-13(2,3)5-10(16)11(8)18-12/h6H,4-5H2,1-3H3. The molecule has 0 fully saturated rings. The number of aryl methyl sites for hydroxylation is 1. The van der Waals surface area contributed by atoms with E-state index in [4.69, 9.17) is 4.42 Å². The molecule has 1 aliphatic rings. The van der Waals surface area contributed by atoms with Gasteiger partial charge in [0, 0.05) is 13.3 Å². The van der Waals surface area contributed by atoms with Crippen molar-refractivity contribution in [3.63, 3.8) is 0 Å². The maximum atomic E-state index is 12.1. The molecule has 2 aromatic heterocycles. The largest absolute Gasteiger partial charge is 0.449 e. The first-order chi connectivity index (χ1) is 8.44. The third-order valence-electron chi connectivity index (χ3n) is 3.07. The van der Waals surface area contributed by atoms with Gasteiger partial charge in [0.25, 0.3) is 0 Å². The van der Waals surface area contributed by atoms with Crippen LogP contribution in [0.3, 0.4) is 0 Å². The lowest BCUT2D eigenvalue weighted by Crippen LogP contribution is -2.25. The molecule has 94 valence electrons. The van der Waals surface area contributed by atoms with Gasteiger partial charge in [-0.1, -0.05) is 13.8 Å². The first-order valence-corrected chi connectivity index (χ1v) is 6.72. The van der Waals surface area contributed by atoms with Crippen molar-refractivity contribution in [1.82, 2.24) is 9.97 Å². The van der Waals surface area contributed by atoms with Gasteiger partial charge in [-0.2, -0.15) is 0 Å². The van der Waals surface area contributed by atoms with Gasteiger partial charge < -0.3 is 4.42 Å². The number of carbonyl (C=O) groups excluding carboxylic acids is 1. The number of aromatic nitrogens is 2. The SMILES string of the molecule is Cc1nc(-c2nc3c(s2)C(=O)CC(C)(C)C3)co1. The minimum Gasteiger partial charge on any atom is -0.449 e. The van der Waals surface area contributed by atoms with Gasteiger partial charge in [0.2, 0.25) is 0 Å². The van der Waals surface area contributed by atoms with Crippen LogP contribution in [0.2, 0.25) is 0 Å². The maximum Gasteiger partial charge on any atom is 0.191 e. The molecule has 1 aliphatic carbocycles. The molecule has 0 bridgehead atoms. The van der Waals surface area contributed by atoms with Crippen molar-refractivity contribution < 1.29 is 9.21 Å². The Labute approximate surface area is 109 Å². The number of rotatable bonds is 1. The average molecular weight is 262 g/mol. The number of hydrogen-bond acceptors (Lipinski definition) is 5. The van der Waals surface area contributed by atoms with Crippen LogP contribution in [0.5, 0.6) is 0 Å². The Hall–Kier alpha value is -1.49. The quantitative estimate of drug-likeness (QED) is 0.791. The molecular weight excluding hydrogens is 248 g/mol. The summed E-state index contributed by atoms with van der Waals surface area (Å²) in [5.74, 6) is 0.815. The van der Waals surface area contributed by atoms with E-state index in [2.05, 4.69) is 23.8 Å². The van der Waals surface area contributed by atoms with E-state index in [1.54, 1.807) is 13.2 Å². The molecule has 0 aliphatic heterocycles. The van der Waals surface area contributed by atoms with E-state index in [1.807, 2.05) is 0 Å². The van der Waals surface area contributed by atoms with Crippen LogP contribution in [0.1, 0.15) is 41.5 Å². The number of Topliss-reactive ketones (excluding diaryl/α,β-unsaturated/α-hetero) is 1. The normalized spacial score (nSPS) is 17.8. The van der Waals surface area contributed by atoms with Crippen LogP contribution in [-0.2, 0) is 6.42 Å². The van der Waals surface area contributed by atoms with Gasteiger partial charge in [-0.25, -0.2) is 9.97 Å². The van der Waals surface area contributed by atoms with Gasteiger partial charge in [-0.3, -0.25) is 4.79 Å². The predicted octanol–water partition coefficient (Wildman–Crippen LogP) is 3.26. The van der Waals surface area contributed by atoms with Gasteiger partial charge in [0.1, 0.15) is 17.0 Å². The zero-order valence-electron chi connectivity index (χ0n) is 10.6. The van der Waals surface area contributed by atoms with E-state index in [0.717, 1.165) is 27.7 Å². The summed E-state index contributed by atoms with van der Waals surface area (Å²) in [4.78, 5) is 21.7. The highest BCUT2D eigenvalue weighted by Gasteiger charge is 2.34. The summed E-state index contributed by atoms with van der Waals surface area (Å²) in [6, 6.07) is 0. The Morgan fingerprint density at radius 1 is 1.33 bits per heavy atom. The number of thiazole rings is 1. The summed E-state index contributed by atoms with van der Waals surface area (Å²) in [6.45, 7) is 6.01. The van der Waals surface area contributed by atoms with E-state index >= 15 is 0 Å². The fourth-order valence-corrected chi connectivity index (χ4v) is 3.26. The molecular formula is C13H14N2O2S. The topological polar surface area (TPSA) is 56.0 Å². The molecule has 18 heavy (non-hydrogen) atoms. The van der Waals surface area contributed by atoms with Crippen molar-refractivity contribution in [2.75, 3.05) is 0 Å². The molecule has 0 atom stereocenters. The number of nitrogens with zero attached hydrogens (tertiary/aromatic N) is 2. The van der Waals surface area contributed by atoms with Crippen molar-refractivity contribution >= 4 is 17.1 Å². The fourth-order valence-electron chi connectivity index (χ4n) is 2.29. The lowest BCUT2D eigenvalue weighted by molar-refractivity contribution is 0.0916. The second-order valence-corrected chi connectivity index (χ2v) is 6.49. The second kappa shape index (κ2) is 3.75. The average Bonchev–Trinajstić information content (AvgIpc) is 2.82. The van der Waals surface area contributed by atoms with E-state index in [1.165, 1.54) is 11.3 Å². The summed E-state index contributed by atoms with van der Waals surface area (Å²) in [5, 5.41) is 0.780. The first-order valence-electron chi connectivity index (χ1n) is 5.90. The van der Waals surface area contributed by atoms with Crippen LogP contribution in [0.4, 0.5) is 0 Å². The number of oxazole rings is 1. The molecule has 0 spiro atoms. The molecule has 3 rings (SSSR count). The van der Waals surface area contributed by atoms with Crippen LogP contribution in [-0.4, -0.2) is 15.8 Å². The van der Waals surface area contributed by atoms with Gasteiger partial charge in [-0.05, 0) is 11.8 Å². The zero-order chi connectivity index (χ0) is 12.9. The molecule has 0 N–H and O–H groups in total. The molecule has 0 saturated carbocycles. The second-order valence-electron chi connectivity index (χ2n) is 5.49. The van der Waals surface area contributed by atoms with E-state index < -0.39 is 0 Å². The number of carbonyl (C=O) groups is 1. The molecule has 4 nitrogen and oxygen atoms in total. The predicted molar refractivity (Wildman–Crippen MR) is 68.8 cm³/mol. The monoisotopic (exact) mass is 262 g/mol. The molecule has 5 heteroatoms. The smallest absolute Gasteiger partial charge is 0.191 e. The Bertz CT molecular complexity index is 625. The van der Waals surface area contributed by atoms with Crippen LogP contribution < -0.4 is 0 Å². The van der Waals surface area contributed by atoms with Gasteiger partial charge in [-0.15, -0.1) is 11.3 Å². The molecule has 0 aromatic carbocycles. The van der Waals surface area contributed by atoms with Crippen molar-refractivity contribution in [2.24, 2.45) is 5.41 Å². The minimum absolute atomic E-state index is 0.00910. The lowest BCUT2D eigenvalue weighted by Gasteiger charge is -2.26. The van der Waals surface area contributed by atoms with Crippen LogP contribution in [0, 0.1) is 12.3 Å². The van der Waals surface area contributed by atoms with Crippen molar-refractivity contribution in [2.45, 2.75) is 33.6 Å². The van der Waals surface area contributed by atoms with E-state index in [9.17, 15) is 4.79 Å². The molecule has 0 radical (unpaired) electrons. The number of hydrogen-bond donors (Lipinski definition) is 0. The maximum absolute atomic E-state index is 12.1. The van der Waals surface area contributed by atoms with Crippen LogP contribution in [0.15, 0.2) is 10.7 Å².